The third-order valence-corrected chi connectivity index (χ3v) is 5.99. The summed E-state index contributed by atoms with van der Waals surface area (Å²) in [7, 11) is 0. The first-order chi connectivity index (χ1) is 9.02. The molecule has 3 rings (SSSR count). The third-order valence-electron chi connectivity index (χ3n) is 5.99. The third kappa shape index (κ3) is 3.16. The van der Waals surface area contributed by atoms with Crippen LogP contribution in [0.4, 0.5) is 0 Å². The van der Waals surface area contributed by atoms with E-state index in [9.17, 15) is 0 Å². The normalized spacial score (nSPS) is 41.2. The Morgan fingerprint density at radius 2 is 1.53 bits per heavy atom. The van der Waals surface area contributed by atoms with Crippen LogP contribution >= 0.6 is 0 Å². The largest absolute Gasteiger partial charge is 0.310 e. The second-order valence-electron chi connectivity index (χ2n) is 8.29. The van der Waals surface area contributed by atoms with Gasteiger partial charge in [0.25, 0.3) is 0 Å². The minimum absolute atomic E-state index is 0.518. The van der Waals surface area contributed by atoms with Crippen molar-refractivity contribution in [1.82, 2.24) is 10.2 Å². The summed E-state index contributed by atoms with van der Waals surface area (Å²) in [6, 6.07) is 2.52. The van der Waals surface area contributed by atoms with Gasteiger partial charge in [0, 0.05) is 24.7 Å². The topological polar surface area (TPSA) is 15.3 Å². The summed E-state index contributed by atoms with van der Waals surface area (Å²) in [5.74, 6) is 0.949. The van der Waals surface area contributed by atoms with Crippen molar-refractivity contribution in [2.75, 3.05) is 13.1 Å². The molecule has 2 bridgehead atoms. The van der Waals surface area contributed by atoms with Crippen LogP contribution in [-0.4, -0.2) is 36.1 Å². The lowest BCUT2D eigenvalue weighted by molar-refractivity contribution is 0.0923. The van der Waals surface area contributed by atoms with Crippen molar-refractivity contribution in [2.24, 2.45) is 11.3 Å². The second kappa shape index (κ2) is 5.37. The van der Waals surface area contributed by atoms with Crippen LogP contribution in [0.15, 0.2) is 0 Å². The van der Waals surface area contributed by atoms with Gasteiger partial charge in [-0.25, -0.2) is 0 Å². The fourth-order valence-corrected chi connectivity index (χ4v) is 4.61. The Bertz CT molecular complexity index is 299. The summed E-state index contributed by atoms with van der Waals surface area (Å²) in [5, 5.41) is 3.81. The van der Waals surface area contributed by atoms with E-state index in [2.05, 4.69) is 31.0 Å². The predicted octanol–water partition coefficient (Wildman–Crippen LogP) is 3.42. The Kier molecular flexibility index (Phi) is 3.92. The van der Waals surface area contributed by atoms with Crippen molar-refractivity contribution in [2.45, 2.75) is 83.8 Å². The van der Waals surface area contributed by atoms with Gasteiger partial charge in [0.05, 0.1) is 0 Å². The molecule has 2 atom stereocenters. The highest BCUT2D eigenvalue weighted by atomic mass is 15.2. The van der Waals surface area contributed by atoms with Gasteiger partial charge in [-0.3, -0.25) is 4.90 Å². The number of nitrogens with zero attached hydrogens (tertiary/aromatic N) is 1. The monoisotopic (exact) mass is 264 g/mol. The van der Waals surface area contributed by atoms with Crippen LogP contribution in [0.1, 0.15) is 65.7 Å². The summed E-state index contributed by atoms with van der Waals surface area (Å²) in [4.78, 5) is 2.83. The molecule has 1 saturated carbocycles. The molecule has 1 N–H and O–H groups in total. The van der Waals surface area contributed by atoms with Crippen LogP contribution in [0.2, 0.25) is 0 Å². The van der Waals surface area contributed by atoms with Gasteiger partial charge in [-0.05, 0) is 62.8 Å². The molecule has 0 amide bonds. The molecule has 0 aromatic carbocycles. The molecule has 110 valence electrons. The van der Waals surface area contributed by atoms with Crippen LogP contribution in [0.25, 0.3) is 0 Å². The molecule has 2 nitrogen and oxygen atoms in total. The maximum atomic E-state index is 3.81. The van der Waals surface area contributed by atoms with Crippen molar-refractivity contribution < 1.29 is 0 Å². The summed E-state index contributed by atoms with van der Waals surface area (Å²) in [6.45, 7) is 9.94. The van der Waals surface area contributed by atoms with Crippen molar-refractivity contribution in [3.05, 3.63) is 0 Å². The Morgan fingerprint density at radius 3 is 2.21 bits per heavy atom. The van der Waals surface area contributed by atoms with E-state index in [0.717, 1.165) is 24.0 Å². The zero-order chi connectivity index (χ0) is 13.5. The van der Waals surface area contributed by atoms with Crippen LogP contribution in [-0.2, 0) is 0 Å². The Morgan fingerprint density at radius 1 is 0.842 bits per heavy atom. The molecule has 2 aliphatic heterocycles. The zero-order valence-electron chi connectivity index (χ0n) is 13.1. The molecule has 19 heavy (non-hydrogen) atoms. The SMILES string of the molecule is CC(C)(C)C1CCC(N2CCC3CCC(C2)N3)CC1. The molecule has 2 heteroatoms. The molecular formula is C17H32N2. The van der Waals surface area contributed by atoms with E-state index >= 15 is 0 Å². The van der Waals surface area contributed by atoms with Crippen molar-refractivity contribution in [1.29, 1.82) is 0 Å². The van der Waals surface area contributed by atoms with Gasteiger partial charge in [0.1, 0.15) is 0 Å². The summed E-state index contributed by atoms with van der Waals surface area (Å²) >= 11 is 0. The van der Waals surface area contributed by atoms with E-state index in [4.69, 9.17) is 0 Å². The van der Waals surface area contributed by atoms with Gasteiger partial charge in [-0.2, -0.15) is 0 Å². The average molecular weight is 264 g/mol. The fourth-order valence-electron chi connectivity index (χ4n) is 4.61. The molecule has 2 unspecified atom stereocenters. The summed E-state index contributed by atoms with van der Waals surface area (Å²) < 4.78 is 0. The number of hydrogen-bond donors (Lipinski definition) is 1. The molecule has 3 aliphatic rings. The minimum Gasteiger partial charge on any atom is -0.310 e. The lowest BCUT2D eigenvalue weighted by Gasteiger charge is -2.41. The molecule has 1 aliphatic carbocycles. The number of rotatable bonds is 1. The van der Waals surface area contributed by atoms with Crippen molar-refractivity contribution in [3.8, 4) is 0 Å². The first-order valence-corrected chi connectivity index (χ1v) is 8.52. The lowest BCUT2D eigenvalue weighted by Crippen LogP contribution is -2.44. The predicted molar refractivity (Wildman–Crippen MR) is 81.3 cm³/mol. The molecular weight excluding hydrogens is 232 g/mol. The number of nitrogens with one attached hydrogen (secondary N) is 1. The maximum absolute atomic E-state index is 3.81. The Labute approximate surface area is 119 Å². The van der Waals surface area contributed by atoms with Gasteiger partial charge in [0.2, 0.25) is 0 Å². The van der Waals surface area contributed by atoms with Gasteiger partial charge in [-0.1, -0.05) is 20.8 Å². The van der Waals surface area contributed by atoms with E-state index in [-0.39, 0.29) is 0 Å². The minimum atomic E-state index is 0.518. The standard InChI is InChI=1S/C17H32N2/c1-17(2,3)13-4-8-16(9-5-13)19-11-10-14-6-7-15(12-19)18-14/h13-16,18H,4-12H2,1-3H3. The highest BCUT2D eigenvalue weighted by Gasteiger charge is 2.35. The second-order valence-corrected chi connectivity index (χ2v) is 8.29. The molecule has 2 saturated heterocycles. The number of fused-ring (bicyclic) bond motifs is 2. The lowest BCUT2D eigenvalue weighted by atomic mass is 9.71. The van der Waals surface area contributed by atoms with E-state index < -0.39 is 0 Å². The van der Waals surface area contributed by atoms with Gasteiger partial charge >= 0.3 is 0 Å². The highest BCUT2D eigenvalue weighted by Crippen LogP contribution is 2.39. The quantitative estimate of drug-likeness (QED) is 0.781. The molecule has 3 fully saturated rings. The van der Waals surface area contributed by atoms with E-state index in [1.54, 1.807) is 0 Å². The molecule has 0 spiro atoms. The van der Waals surface area contributed by atoms with Crippen LogP contribution in [0.5, 0.6) is 0 Å². The highest BCUT2D eigenvalue weighted by molar-refractivity contribution is 4.93. The van der Waals surface area contributed by atoms with E-state index in [1.807, 2.05) is 0 Å². The Balaban J connectivity index is 1.54. The van der Waals surface area contributed by atoms with Crippen LogP contribution in [0, 0.1) is 11.3 Å². The number of likely N-dealkylation sites (tertiary alicyclic amines) is 1. The molecule has 0 aromatic heterocycles. The fraction of sp³-hybridized carbons (Fsp3) is 1.00. The molecule has 2 heterocycles. The van der Waals surface area contributed by atoms with Gasteiger partial charge in [-0.15, -0.1) is 0 Å². The van der Waals surface area contributed by atoms with Crippen LogP contribution in [0.3, 0.4) is 0 Å². The first-order valence-electron chi connectivity index (χ1n) is 8.52. The molecule has 0 radical (unpaired) electrons. The van der Waals surface area contributed by atoms with Gasteiger partial charge in [0.15, 0.2) is 0 Å². The first kappa shape index (κ1) is 13.9. The van der Waals surface area contributed by atoms with Crippen LogP contribution < -0.4 is 5.32 Å². The maximum Gasteiger partial charge on any atom is 0.0198 e. The summed E-state index contributed by atoms with van der Waals surface area (Å²) in [6.07, 6.45) is 10.0. The van der Waals surface area contributed by atoms with Gasteiger partial charge < -0.3 is 5.32 Å². The number of hydrogen-bond acceptors (Lipinski definition) is 2. The zero-order valence-corrected chi connectivity index (χ0v) is 13.1. The Hall–Kier alpha value is -0.0800. The van der Waals surface area contributed by atoms with E-state index in [0.29, 0.717) is 5.41 Å². The van der Waals surface area contributed by atoms with Crippen molar-refractivity contribution >= 4 is 0 Å². The van der Waals surface area contributed by atoms with E-state index in [1.165, 1.54) is 58.0 Å². The molecule has 0 aromatic rings. The smallest absolute Gasteiger partial charge is 0.0198 e. The van der Waals surface area contributed by atoms with Crippen molar-refractivity contribution in [3.63, 3.8) is 0 Å². The summed E-state index contributed by atoms with van der Waals surface area (Å²) in [5.41, 5.74) is 0.518. The average Bonchev–Trinajstić information content (AvgIpc) is 2.68.